The van der Waals surface area contributed by atoms with E-state index >= 15 is 0 Å². The minimum atomic E-state index is 0.500. The molecule has 1 nitrogen and oxygen atoms in total. The summed E-state index contributed by atoms with van der Waals surface area (Å²) in [5, 5.41) is 3.48. The van der Waals surface area contributed by atoms with Gasteiger partial charge in [0.05, 0.1) is 0 Å². The topological polar surface area (TPSA) is 12.0 Å². The Bertz CT molecular complexity index is 196. The third kappa shape index (κ3) is 4.06. The van der Waals surface area contributed by atoms with Gasteiger partial charge in [-0.1, -0.05) is 0 Å². The SMILES string of the molecule is CC#CCCNCC1(C)CCCS1. The first-order valence-corrected chi connectivity index (χ1v) is 6.00. The van der Waals surface area contributed by atoms with Crippen molar-refractivity contribution < 1.29 is 0 Å². The Morgan fingerprint density at radius 2 is 2.38 bits per heavy atom. The van der Waals surface area contributed by atoms with Crippen LogP contribution in [0.1, 0.15) is 33.1 Å². The molecule has 0 saturated carbocycles. The van der Waals surface area contributed by atoms with Crippen LogP contribution >= 0.6 is 11.8 Å². The third-order valence-electron chi connectivity index (χ3n) is 2.40. The van der Waals surface area contributed by atoms with E-state index < -0.39 is 0 Å². The summed E-state index contributed by atoms with van der Waals surface area (Å²) in [7, 11) is 0. The molecule has 0 aromatic heterocycles. The second-order valence-corrected chi connectivity index (χ2v) is 5.44. The summed E-state index contributed by atoms with van der Waals surface area (Å²) in [5.41, 5.74) is 0. The second kappa shape index (κ2) is 5.57. The molecular formula is C11H19NS. The van der Waals surface area contributed by atoms with Gasteiger partial charge in [-0.15, -0.1) is 11.8 Å². The first-order chi connectivity index (χ1) is 6.27. The lowest BCUT2D eigenvalue weighted by Crippen LogP contribution is -2.33. The molecule has 13 heavy (non-hydrogen) atoms. The lowest BCUT2D eigenvalue weighted by Gasteiger charge is -2.22. The van der Waals surface area contributed by atoms with E-state index in [2.05, 4.69) is 35.8 Å². The third-order valence-corrected chi connectivity index (χ3v) is 3.94. The van der Waals surface area contributed by atoms with Crippen molar-refractivity contribution in [2.24, 2.45) is 0 Å². The van der Waals surface area contributed by atoms with Crippen LogP contribution < -0.4 is 5.32 Å². The molecule has 0 radical (unpaired) electrons. The number of nitrogens with one attached hydrogen (secondary N) is 1. The lowest BCUT2D eigenvalue weighted by atomic mass is 10.1. The van der Waals surface area contributed by atoms with Gasteiger partial charge in [0.25, 0.3) is 0 Å². The van der Waals surface area contributed by atoms with E-state index in [1.54, 1.807) is 0 Å². The van der Waals surface area contributed by atoms with Crippen molar-refractivity contribution in [2.75, 3.05) is 18.8 Å². The van der Waals surface area contributed by atoms with E-state index in [1.807, 2.05) is 6.92 Å². The molecule has 2 heteroatoms. The van der Waals surface area contributed by atoms with E-state index in [9.17, 15) is 0 Å². The first-order valence-electron chi connectivity index (χ1n) is 5.01. The highest BCUT2D eigenvalue weighted by Crippen LogP contribution is 2.36. The highest BCUT2D eigenvalue weighted by Gasteiger charge is 2.28. The summed E-state index contributed by atoms with van der Waals surface area (Å²) in [6.45, 7) is 6.44. The summed E-state index contributed by atoms with van der Waals surface area (Å²) in [4.78, 5) is 0. The van der Waals surface area contributed by atoms with Crippen molar-refractivity contribution in [1.82, 2.24) is 5.32 Å². The van der Waals surface area contributed by atoms with Gasteiger partial charge in [0.1, 0.15) is 0 Å². The highest BCUT2D eigenvalue weighted by molar-refractivity contribution is 8.00. The van der Waals surface area contributed by atoms with Crippen molar-refractivity contribution in [3.63, 3.8) is 0 Å². The average Bonchev–Trinajstić information content (AvgIpc) is 2.53. The maximum absolute atomic E-state index is 3.48. The van der Waals surface area contributed by atoms with E-state index in [-0.39, 0.29) is 0 Å². The van der Waals surface area contributed by atoms with Gasteiger partial charge in [-0.3, -0.25) is 0 Å². The maximum atomic E-state index is 3.48. The van der Waals surface area contributed by atoms with Gasteiger partial charge in [-0.2, -0.15) is 11.8 Å². The first kappa shape index (κ1) is 10.9. The number of hydrogen-bond acceptors (Lipinski definition) is 2. The molecule has 0 bridgehead atoms. The van der Waals surface area contributed by atoms with Crippen LogP contribution in [0.2, 0.25) is 0 Å². The zero-order valence-electron chi connectivity index (χ0n) is 8.65. The fraction of sp³-hybridized carbons (Fsp3) is 0.818. The van der Waals surface area contributed by atoms with Crippen molar-refractivity contribution in [1.29, 1.82) is 0 Å². The molecule has 0 aromatic rings. The molecule has 1 aliphatic heterocycles. The molecule has 74 valence electrons. The summed E-state index contributed by atoms with van der Waals surface area (Å²) >= 11 is 2.11. The summed E-state index contributed by atoms with van der Waals surface area (Å²) in [6, 6.07) is 0. The lowest BCUT2D eigenvalue weighted by molar-refractivity contribution is 0.542. The molecule has 0 aromatic carbocycles. The molecule has 1 N–H and O–H groups in total. The van der Waals surface area contributed by atoms with Crippen LogP contribution in [-0.4, -0.2) is 23.6 Å². The summed E-state index contributed by atoms with van der Waals surface area (Å²) in [6.07, 6.45) is 3.74. The highest BCUT2D eigenvalue weighted by atomic mass is 32.2. The molecule has 1 heterocycles. The normalized spacial score (nSPS) is 26.9. The van der Waals surface area contributed by atoms with Crippen molar-refractivity contribution in [2.45, 2.75) is 37.9 Å². The molecule has 0 spiro atoms. The predicted molar refractivity (Wildman–Crippen MR) is 61.0 cm³/mol. The number of rotatable bonds is 4. The van der Waals surface area contributed by atoms with Crippen LogP contribution in [-0.2, 0) is 0 Å². The monoisotopic (exact) mass is 197 g/mol. The Morgan fingerprint density at radius 3 is 3.00 bits per heavy atom. The number of hydrogen-bond donors (Lipinski definition) is 1. The summed E-state index contributed by atoms with van der Waals surface area (Å²) < 4.78 is 0.500. The Kier molecular flexibility index (Phi) is 4.69. The molecule has 1 unspecified atom stereocenters. The molecule has 1 rings (SSSR count). The van der Waals surface area contributed by atoms with E-state index in [0.29, 0.717) is 4.75 Å². The van der Waals surface area contributed by atoms with Gasteiger partial charge in [-0.05, 0) is 32.4 Å². The van der Waals surface area contributed by atoms with Gasteiger partial charge in [0, 0.05) is 24.3 Å². The van der Waals surface area contributed by atoms with Crippen molar-refractivity contribution >= 4 is 11.8 Å². The molecule has 1 saturated heterocycles. The van der Waals surface area contributed by atoms with Gasteiger partial charge >= 0.3 is 0 Å². The quantitative estimate of drug-likeness (QED) is 0.548. The fourth-order valence-corrected chi connectivity index (χ4v) is 2.88. The van der Waals surface area contributed by atoms with Crippen LogP contribution in [0.25, 0.3) is 0 Å². The molecule has 1 atom stereocenters. The van der Waals surface area contributed by atoms with Crippen molar-refractivity contribution in [3.05, 3.63) is 0 Å². The Morgan fingerprint density at radius 1 is 1.54 bits per heavy atom. The molecule has 1 fully saturated rings. The van der Waals surface area contributed by atoms with Crippen LogP contribution in [0.3, 0.4) is 0 Å². The maximum Gasteiger partial charge on any atom is 0.0256 e. The molecule has 0 amide bonds. The smallest absolute Gasteiger partial charge is 0.0256 e. The van der Waals surface area contributed by atoms with Gasteiger partial charge in [0.2, 0.25) is 0 Å². The average molecular weight is 197 g/mol. The van der Waals surface area contributed by atoms with Crippen LogP contribution in [0, 0.1) is 11.8 Å². The Hall–Kier alpha value is -0.130. The predicted octanol–water partition coefficient (Wildman–Crippen LogP) is 2.28. The van der Waals surface area contributed by atoms with Crippen molar-refractivity contribution in [3.8, 4) is 11.8 Å². The van der Waals surface area contributed by atoms with E-state index in [0.717, 1.165) is 19.5 Å². The van der Waals surface area contributed by atoms with Crippen LogP contribution in [0.5, 0.6) is 0 Å². The van der Waals surface area contributed by atoms with Gasteiger partial charge in [-0.25, -0.2) is 0 Å². The van der Waals surface area contributed by atoms with Gasteiger partial charge < -0.3 is 5.32 Å². The summed E-state index contributed by atoms with van der Waals surface area (Å²) in [5.74, 6) is 7.32. The molecular weight excluding hydrogens is 178 g/mol. The van der Waals surface area contributed by atoms with E-state index in [4.69, 9.17) is 0 Å². The van der Waals surface area contributed by atoms with Crippen LogP contribution in [0.15, 0.2) is 0 Å². The standard InChI is InChI=1S/C11H19NS/c1-3-4-5-8-12-10-11(2)7-6-9-13-11/h12H,5-10H2,1-2H3. The largest absolute Gasteiger partial charge is 0.314 e. The van der Waals surface area contributed by atoms with Crippen LogP contribution in [0.4, 0.5) is 0 Å². The minimum absolute atomic E-state index is 0.500. The molecule has 0 aliphatic carbocycles. The van der Waals surface area contributed by atoms with Gasteiger partial charge in [0.15, 0.2) is 0 Å². The zero-order chi connectivity index (χ0) is 9.57. The second-order valence-electron chi connectivity index (χ2n) is 3.76. The van der Waals surface area contributed by atoms with E-state index in [1.165, 1.54) is 18.6 Å². The zero-order valence-corrected chi connectivity index (χ0v) is 9.47. The molecule has 1 aliphatic rings. The Balaban J connectivity index is 2.06. The minimum Gasteiger partial charge on any atom is -0.314 e. The fourth-order valence-electron chi connectivity index (χ4n) is 1.60. The number of thioether (sulfide) groups is 1. The Labute approximate surface area is 86.1 Å².